The van der Waals surface area contributed by atoms with Crippen molar-refractivity contribution in [3.05, 3.63) is 23.2 Å². The van der Waals surface area contributed by atoms with Gasteiger partial charge in [0.15, 0.2) is 0 Å². The molecule has 2 amide bonds. The number of ether oxygens (including phenoxy) is 1. The molecule has 104 valence electrons. The van der Waals surface area contributed by atoms with Crippen molar-refractivity contribution in [1.82, 2.24) is 4.90 Å². The number of urea groups is 1. The van der Waals surface area contributed by atoms with E-state index in [1.807, 2.05) is 0 Å². The minimum absolute atomic E-state index is 0.222. The van der Waals surface area contributed by atoms with Crippen molar-refractivity contribution in [3.8, 4) is 5.75 Å². The fourth-order valence-electron chi connectivity index (χ4n) is 2.09. The van der Waals surface area contributed by atoms with Crippen LogP contribution in [0.4, 0.5) is 10.5 Å². The zero-order valence-electron chi connectivity index (χ0n) is 10.7. The minimum atomic E-state index is -0.432. The lowest BCUT2D eigenvalue weighted by Crippen LogP contribution is -2.44. The Hall–Kier alpha value is -1.46. The number of rotatable bonds is 2. The van der Waals surface area contributed by atoms with E-state index in [2.05, 4.69) is 5.32 Å². The molecule has 1 aromatic carbocycles. The van der Waals surface area contributed by atoms with Crippen LogP contribution in [0.5, 0.6) is 5.75 Å². The van der Waals surface area contributed by atoms with E-state index in [-0.39, 0.29) is 6.03 Å². The van der Waals surface area contributed by atoms with Crippen molar-refractivity contribution >= 4 is 23.3 Å². The number of likely N-dealkylation sites (tertiary alicyclic amines) is 1. The largest absolute Gasteiger partial charge is 0.495 e. The highest BCUT2D eigenvalue weighted by molar-refractivity contribution is 6.32. The molecular weight excluding hydrogens is 268 g/mol. The van der Waals surface area contributed by atoms with Gasteiger partial charge in [0, 0.05) is 18.8 Å². The van der Waals surface area contributed by atoms with Gasteiger partial charge in [-0.1, -0.05) is 11.6 Å². The Labute approximate surface area is 117 Å². The summed E-state index contributed by atoms with van der Waals surface area (Å²) in [5.41, 5.74) is 0.607. The second kappa shape index (κ2) is 6.12. The Kier molecular flexibility index (Phi) is 4.50. The maximum Gasteiger partial charge on any atom is 0.321 e. The van der Waals surface area contributed by atoms with Crippen molar-refractivity contribution in [2.75, 3.05) is 25.5 Å². The molecular formula is C13H17ClN2O3. The van der Waals surface area contributed by atoms with Crippen LogP contribution in [0.3, 0.4) is 0 Å². The van der Waals surface area contributed by atoms with Crippen LogP contribution in [0.25, 0.3) is 0 Å². The van der Waals surface area contributed by atoms with Gasteiger partial charge in [-0.2, -0.15) is 0 Å². The van der Waals surface area contributed by atoms with Gasteiger partial charge in [-0.15, -0.1) is 0 Å². The highest BCUT2D eigenvalue weighted by atomic mass is 35.5. The van der Waals surface area contributed by atoms with Gasteiger partial charge in [0.25, 0.3) is 0 Å². The first-order valence-corrected chi connectivity index (χ1v) is 6.55. The van der Waals surface area contributed by atoms with E-state index >= 15 is 0 Å². The third-order valence-electron chi connectivity index (χ3n) is 3.09. The highest BCUT2D eigenvalue weighted by Crippen LogP contribution is 2.27. The molecule has 1 aromatic rings. The van der Waals surface area contributed by atoms with Gasteiger partial charge in [-0.25, -0.2) is 4.79 Å². The van der Waals surface area contributed by atoms with Crippen molar-refractivity contribution in [2.24, 2.45) is 0 Å². The van der Waals surface area contributed by atoms with E-state index in [1.165, 1.54) is 7.11 Å². The standard InChI is InChI=1S/C13H17ClN2O3/c1-19-12-5-4-9(7-11(12)14)15-13(18)16-6-2-3-10(17)8-16/h4-5,7,10,17H,2-3,6,8H2,1H3,(H,15,18)/t10-/m0/s1. The normalized spacial score (nSPS) is 19.1. The minimum Gasteiger partial charge on any atom is -0.495 e. The number of benzene rings is 1. The molecule has 1 aliphatic rings. The third-order valence-corrected chi connectivity index (χ3v) is 3.38. The quantitative estimate of drug-likeness (QED) is 0.876. The number of anilines is 1. The number of carbonyl (C=O) groups excluding carboxylic acids is 1. The fraction of sp³-hybridized carbons (Fsp3) is 0.462. The first kappa shape index (κ1) is 14.0. The number of piperidine rings is 1. The average Bonchev–Trinajstić information content (AvgIpc) is 2.39. The summed E-state index contributed by atoms with van der Waals surface area (Å²) in [7, 11) is 1.54. The summed E-state index contributed by atoms with van der Waals surface area (Å²) in [5, 5.41) is 12.8. The first-order chi connectivity index (χ1) is 9.10. The van der Waals surface area contributed by atoms with Gasteiger partial charge in [-0.3, -0.25) is 0 Å². The number of nitrogens with one attached hydrogen (secondary N) is 1. The van der Waals surface area contributed by atoms with E-state index in [9.17, 15) is 9.90 Å². The van der Waals surface area contributed by atoms with Crippen LogP contribution < -0.4 is 10.1 Å². The van der Waals surface area contributed by atoms with E-state index < -0.39 is 6.10 Å². The molecule has 1 saturated heterocycles. The molecule has 19 heavy (non-hydrogen) atoms. The van der Waals surface area contributed by atoms with Gasteiger partial charge in [-0.05, 0) is 31.0 Å². The number of methoxy groups -OCH3 is 1. The Morgan fingerprint density at radius 1 is 1.58 bits per heavy atom. The smallest absolute Gasteiger partial charge is 0.321 e. The molecule has 1 atom stereocenters. The van der Waals surface area contributed by atoms with Crippen molar-refractivity contribution in [3.63, 3.8) is 0 Å². The summed E-state index contributed by atoms with van der Waals surface area (Å²) < 4.78 is 5.05. The van der Waals surface area contributed by atoms with E-state index in [4.69, 9.17) is 16.3 Å². The summed E-state index contributed by atoms with van der Waals surface area (Å²) in [6, 6.07) is 4.84. The van der Waals surface area contributed by atoms with Gasteiger partial charge in [0.2, 0.25) is 0 Å². The SMILES string of the molecule is COc1ccc(NC(=O)N2CCC[C@H](O)C2)cc1Cl. The monoisotopic (exact) mass is 284 g/mol. The summed E-state index contributed by atoms with van der Waals surface area (Å²) in [6.07, 6.45) is 1.13. The number of halogens is 1. The molecule has 5 nitrogen and oxygen atoms in total. The molecule has 0 bridgehead atoms. The second-order valence-corrected chi connectivity index (χ2v) is 4.93. The zero-order chi connectivity index (χ0) is 13.8. The summed E-state index contributed by atoms with van der Waals surface area (Å²) in [6.45, 7) is 1.03. The highest BCUT2D eigenvalue weighted by Gasteiger charge is 2.22. The second-order valence-electron chi connectivity index (χ2n) is 4.52. The summed E-state index contributed by atoms with van der Waals surface area (Å²) in [5.74, 6) is 0.563. The van der Waals surface area contributed by atoms with Crippen LogP contribution in [-0.4, -0.2) is 42.3 Å². The lowest BCUT2D eigenvalue weighted by Gasteiger charge is -2.30. The lowest BCUT2D eigenvalue weighted by molar-refractivity contribution is 0.0883. The van der Waals surface area contributed by atoms with Crippen molar-refractivity contribution in [1.29, 1.82) is 0 Å². The number of hydrogen-bond donors (Lipinski definition) is 2. The Bertz CT molecular complexity index is 467. The Morgan fingerprint density at radius 3 is 3.00 bits per heavy atom. The number of aliphatic hydroxyl groups excluding tert-OH is 1. The Morgan fingerprint density at radius 2 is 2.37 bits per heavy atom. The van der Waals surface area contributed by atoms with Crippen LogP contribution in [0, 0.1) is 0 Å². The summed E-state index contributed by atoms with van der Waals surface area (Å²) >= 11 is 5.99. The molecule has 2 rings (SSSR count). The van der Waals surface area contributed by atoms with Gasteiger partial charge in [0.05, 0.1) is 18.2 Å². The predicted molar refractivity (Wildman–Crippen MR) is 73.8 cm³/mol. The molecule has 1 aliphatic heterocycles. The first-order valence-electron chi connectivity index (χ1n) is 6.17. The maximum absolute atomic E-state index is 12.0. The van der Waals surface area contributed by atoms with Gasteiger partial charge in [0.1, 0.15) is 5.75 Å². The number of aliphatic hydroxyl groups is 1. The molecule has 0 aliphatic carbocycles. The van der Waals surface area contributed by atoms with Gasteiger partial charge >= 0.3 is 6.03 Å². The van der Waals surface area contributed by atoms with Crippen LogP contribution >= 0.6 is 11.6 Å². The molecule has 0 saturated carbocycles. The van der Waals surface area contributed by atoms with Gasteiger partial charge < -0.3 is 20.1 Å². The fourth-order valence-corrected chi connectivity index (χ4v) is 2.34. The lowest BCUT2D eigenvalue weighted by atomic mass is 10.1. The van der Waals surface area contributed by atoms with Crippen molar-refractivity contribution < 1.29 is 14.6 Å². The summed E-state index contributed by atoms with van der Waals surface area (Å²) in [4.78, 5) is 13.6. The average molecular weight is 285 g/mol. The van der Waals surface area contributed by atoms with Crippen LogP contribution in [0.1, 0.15) is 12.8 Å². The van der Waals surface area contributed by atoms with E-state index in [0.717, 1.165) is 12.8 Å². The predicted octanol–water partition coefficient (Wildman–Crippen LogP) is 2.34. The number of amides is 2. The molecule has 2 N–H and O–H groups in total. The Balaban J connectivity index is 2.00. The number of nitrogens with zero attached hydrogens (tertiary/aromatic N) is 1. The van der Waals surface area contributed by atoms with E-state index in [0.29, 0.717) is 29.5 Å². The third kappa shape index (κ3) is 3.52. The maximum atomic E-state index is 12.0. The number of carbonyl (C=O) groups is 1. The number of β-amino-alcohol motifs (C(OH)–C–C–N with tert-alkyl or cyclic N) is 1. The molecule has 0 radical (unpaired) electrons. The molecule has 0 spiro atoms. The molecule has 0 unspecified atom stereocenters. The van der Waals surface area contributed by atoms with Crippen LogP contribution in [0.15, 0.2) is 18.2 Å². The zero-order valence-corrected chi connectivity index (χ0v) is 11.5. The van der Waals surface area contributed by atoms with Crippen LogP contribution in [0.2, 0.25) is 5.02 Å². The van der Waals surface area contributed by atoms with Crippen molar-refractivity contribution in [2.45, 2.75) is 18.9 Å². The topological polar surface area (TPSA) is 61.8 Å². The molecule has 0 aromatic heterocycles. The van der Waals surface area contributed by atoms with E-state index in [1.54, 1.807) is 23.1 Å². The molecule has 6 heteroatoms. The van der Waals surface area contributed by atoms with Crippen LogP contribution in [-0.2, 0) is 0 Å². The molecule has 1 heterocycles. The number of hydrogen-bond acceptors (Lipinski definition) is 3. The molecule has 1 fully saturated rings.